The van der Waals surface area contributed by atoms with Crippen molar-refractivity contribution in [2.24, 2.45) is 0 Å². The van der Waals surface area contributed by atoms with Crippen molar-refractivity contribution >= 4 is 11.9 Å². The van der Waals surface area contributed by atoms with Crippen LogP contribution in [0.5, 0.6) is 0 Å². The minimum absolute atomic E-state index is 0.0740. The molecule has 5 heteroatoms. The molecule has 0 spiro atoms. The van der Waals surface area contributed by atoms with E-state index in [1.165, 1.54) is 0 Å². The first-order valence-corrected chi connectivity index (χ1v) is 3.93. The summed E-state index contributed by atoms with van der Waals surface area (Å²) < 4.78 is 4.79. The predicted molar refractivity (Wildman–Crippen MR) is 40.5 cm³/mol. The summed E-state index contributed by atoms with van der Waals surface area (Å²) in [4.78, 5) is 21.0. The van der Waals surface area contributed by atoms with Crippen molar-refractivity contribution in [3.8, 4) is 6.07 Å². The molecule has 0 aromatic heterocycles. The van der Waals surface area contributed by atoms with E-state index in [0.29, 0.717) is 6.42 Å². The second kappa shape index (κ2) is 3.44. The lowest BCUT2D eigenvalue weighted by atomic mass is 9.96. The molecule has 1 atom stereocenters. The number of hydrogen-bond donors (Lipinski definition) is 1. The molecule has 0 saturated carbocycles. The van der Waals surface area contributed by atoms with Gasteiger partial charge in [-0.3, -0.25) is 9.59 Å². The Labute approximate surface area is 74.9 Å². The van der Waals surface area contributed by atoms with E-state index in [1.54, 1.807) is 0 Å². The van der Waals surface area contributed by atoms with Crippen LogP contribution in [0.3, 0.4) is 0 Å². The Hall–Kier alpha value is -1.57. The van der Waals surface area contributed by atoms with E-state index in [-0.39, 0.29) is 19.3 Å². The Morgan fingerprint density at radius 1 is 1.77 bits per heavy atom. The first-order valence-electron chi connectivity index (χ1n) is 3.93. The Bertz CT molecular complexity index is 280. The van der Waals surface area contributed by atoms with E-state index in [9.17, 15) is 9.59 Å². The number of nitriles is 1. The van der Waals surface area contributed by atoms with Gasteiger partial charge < -0.3 is 9.84 Å². The van der Waals surface area contributed by atoms with Gasteiger partial charge in [0, 0.05) is 12.8 Å². The second-order valence-corrected chi connectivity index (χ2v) is 2.97. The van der Waals surface area contributed by atoms with E-state index in [1.807, 2.05) is 6.07 Å². The standard InChI is InChI=1S/C8H9NO4/c9-5-8(3-1-6(10)11)4-2-7(12)13-8/h1-4H2,(H,10,11). The number of carbonyl (C=O) groups is 2. The highest BCUT2D eigenvalue weighted by molar-refractivity contribution is 5.73. The summed E-state index contributed by atoms with van der Waals surface area (Å²) in [5.41, 5.74) is -1.19. The summed E-state index contributed by atoms with van der Waals surface area (Å²) in [6.45, 7) is 0. The first-order chi connectivity index (χ1) is 6.08. The van der Waals surface area contributed by atoms with Gasteiger partial charge in [0.15, 0.2) is 5.60 Å². The van der Waals surface area contributed by atoms with Crippen LogP contribution in [0.2, 0.25) is 0 Å². The number of aliphatic carboxylic acids is 1. The molecule has 0 radical (unpaired) electrons. The molecule has 1 unspecified atom stereocenters. The summed E-state index contributed by atoms with van der Waals surface area (Å²) in [5.74, 6) is -1.41. The molecule has 5 nitrogen and oxygen atoms in total. The molecule has 0 aliphatic carbocycles. The van der Waals surface area contributed by atoms with Gasteiger partial charge in [-0.2, -0.15) is 5.26 Å². The summed E-state index contributed by atoms with van der Waals surface area (Å²) in [7, 11) is 0. The minimum Gasteiger partial charge on any atom is -0.481 e. The fraction of sp³-hybridized carbons (Fsp3) is 0.625. The molecule has 0 bridgehead atoms. The number of hydrogen-bond acceptors (Lipinski definition) is 4. The zero-order valence-electron chi connectivity index (χ0n) is 6.95. The van der Waals surface area contributed by atoms with Crippen LogP contribution >= 0.6 is 0 Å². The highest BCUT2D eigenvalue weighted by Gasteiger charge is 2.40. The van der Waals surface area contributed by atoms with E-state index < -0.39 is 17.5 Å². The van der Waals surface area contributed by atoms with Gasteiger partial charge in [-0.15, -0.1) is 0 Å². The fourth-order valence-corrected chi connectivity index (χ4v) is 1.24. The number of cyclic esters (lactones) is 1. The number of esters is 1. The van der Waals surface area contributed by atoms with Gasteiger partial charge in [-0.1, -0.05) is 0 Å². The van der Waals surface area contributed by atoms with Crippen LogP contribution in [0.1, 0.15) is 25.7 Å². The maximum Gasteiger partial charge on any atom is 0.307 e. The number of carboxylic acids is 1. The maximum atomic E-state index is 10.7. The van der Waals surface area contributed by atoms with Gasteiger partial charge in [0.25, 0.3) is 0 Å². The van der Waals surface area contributed by atoms with Crippen molar-refractivity contribution in [2.75, 3.05) is 0 Å². The molecule has 1 rings (SSSR count). The summed E-state index contributed by atoms with van der Waals surface area (Å²) in [6, 6.07) is 1.86. The van der Waals surface area contributed by atoms with E-state index in [2.05, 4.69) is 0 Å². The largest absolute Gasteiger partial charge is 0.481 e. The molecule has 13 heavy (non-hydrogen) atoms. The third kappa shape index (κ3) is 2.18. The third-order valence-corrected chi connectivity index (χ3v) is 1.99. The van der Waals surface area contributed by atoms with Crippen LogP contribution in [0.15, 0.2) is 0 Å². The van der Waals surface area contributed by atoms with Crippen molar-refractivity contribution in [2.45, 2.75) is 31.3 Å². The quantitative estimate of drug-likeness (QED) is 0.642. The molecular weight excluding hydrogens is 174 g/mol. The summed E-state index contributed by atoms with van der Waals surface area (Å²) in [6.07, 6.45) is 0.425. The fourth-order valence-electron chi connectivity index (χ4n) is 1.24. The van der Waals surface area contributed by atoms with E-state index >= 15 is 0 Å². The normalized spacial score (nSPS) is 26.5. The number of nitrogens with zero attached hydrogens (tertiary/aromatic N) is 1. The van der Waals surface area contributed by atoms with Crippen molar-refractivity contribution in [1.29, 1.82) is 5.26 Å². The number of carboxylic acid groups (broad SMARTS) is 1. The smallest absolute Gasteiger partial charge is 0.307 e. The highest BCUT2D eigenvalue weighted by atomic mass is 16.6. The topological polar surface area (TPSA) is 87.4 Å². The molecule has 0 aromatic carbocycles. The number of carbonyl (C=O) groups excluding carboxylic acids is 1. The van der Waals surface area contributed by atoms with Crippen molar-refractivity contribution in [3.05, 3.63) is 0 Å². The minimum atomic E-state index is -1.19. The molecule has 70 valence electrons. The van der Waals surface area contributed by atoms with E-state index in [4.69, 9.17) is 15.1 Å². The van der Waals surface area contributed by atoms with Gasteiger partial charge in [0.1, 0.15) is 6.07 Å². The maximum absolute atomic E-state index is 10.7. The molecule has 1 aliphatic heterocycles. The molecular formula is C8H9NO4. The molecule has 1 saturated heterocycles. The SMILES string of the molecule is N#CC1(CCC(=O)O)CCC(=O)O1. The van der Waals surface area contributed by atoms with Gasteiger partial charge in [0.2, 0.25) is 0 Å². The van der Waals surface area contributed by atoms with Crippen LogP contribution in [-0.2, 0) is 14.3 Å². The Kier molecular flexibility index (Phi) is 2.52. The molecule has 0 amide bonds. The lowest BCUT2D eigenvalue weighted by Crippen LogP contribution is -2.27. The molecule has 1 aliphatic rings. The number of rotatable bonds is 3. The Balaban J connectivity index is 2.57. The average Bonchev–Trinajstić information content (AvgIpc) is 2.45. The van der Waals surface area contributed by atoms with Crippen LogP contribution < -0.4 is 0 Å². The van der Waals surface area contributed by atoms with Crippen LogP contribution in [0.4, 0.5) is 0 Å². The van der Waals surface area contributed by atoms with Crippen LogP contribution in [-0.4, -0.2) is 22.6 Å². The third-order valence-electron chi connectivity index (χ3n) is 1.99. The van der Waals surface area contributed by atoms with Gasteiger partial charge in [-0.05, 0) is 0 Å². The molecule has 1 N–H and O–H groups in total. The lowest BCUT2D eigenvalue weighted by Gasteiger charge is -2.17. The van der Waals surface area contributed by atoms with Gasteiger partial charge in [0.05, 0.1) is 12.8 Å². The molecule has 1 heterocycles. The van der Waals surface area contributed by atoms with Crippen LogP contribution in [0, 0.1) is 11.3 Å². The second-order valence-electron chi connectivity index (χ2n) is 2.97. The zero-order valence-corrected chi connectivity index (χ0v) is 6.95. The highest BCUT2D eigenvalue weighted by Crippen LogP contribution is 2.30. The zero-order chi connectivity index (χ0) is 9.90. The van der Waals surface area contributed by atoms with Crippen LogP contribution in [0.25, 0.3) is 0 Å². The predicted octanol–water partition coefficient (Wildman–Crippen LogP) is 0.451. The monoisotopic (exact) mass is 183 g/mol. The van der Waals surface area contributed by atoms with E-state index in [0.717, 1.165) is 0 Å². The van der Waals surface area contributed by atoms with Crippen molar-refractivity contribution < 1.29 is 19.4 Å². The van der Waals surface area contributed by atoms with Crippen molar-refractivity contribution in [1.82, 2.24) is 0 Å². The van der Waals surface area contributed by atoms with Crippen molar-refractivity contribution in [3.63, 3.8) is 0 Å². The van der Waals surface area contributed by atoms with Gasteiger partial charge >= 0.3 is 11.9 Å². The average molecular weight is 183 g/mol. The first kappa shape index (κ1) is 9.52. The molecule has 0 aromatic rings. The number of ether oxygens (including phenoxy) is 1. The Morgan fingerprint density at radius 3 is 2.85 bits per heavy atom. The molecule has 1 fully saturated rings. The summed E-state index contributed by atoms with van der Waals surface area (Å²) >= 11 is 0. The van der Waals surface area contributed by atoms with Gasteiger partial charge in [-0.25, -0.2) is 0 Å². The lowest BCUT2D eigenvalue weighted by molar-refractivity contribution is -0.147. The Morgan fingerprint density at radius 2 is 2.46 bits per heavy atom. The summed E-state index contributed by atoms with van der Waals surface area (Å²) in [5, 5.41) is 17.1.